The van der Waals surface area contributed by atoms with Gasteiger partial charge in [-0.2, -0.15) is 0 Å². The second-order valence-electron chi connectivity index (χ2n) is 15.9. The molecule has 2 N–H and O–H groups in total. The molecule has 288 valence electrons. The minimum Gasteiger partial charge on any atom is -0.507 e. The number of carbonyl (C=O) groups excluding carboxylic acids is 2. The number of pyridine rings is 1. The Morgan fingerprint density at radius 3 is 2.32 bits per heavy atom. The molecule has 0 bridgehead atoms. The fourth-order valence-electron chi connectivity index (χ4n) is 9.53. The highest BCUT2D eigenvalue weighted by Crippen LogP contribution is 2.51. The summed E-state index contributed by atoms with van der Waals surface area (Å²) in [6.45, 7) is 6.54. The van der Waals surface area contributed by atoms with Crippen LogP contribution in [0.2, 0.25) is 6.32 Å². The van der Waals surface area contributed by atoms with Crippen LogP contribution in [0.4, 0.5) is 0 Å². The molecular formula is C46H50BN3O6. The lowest BCUT2D eigenvalue weighted by molar-refractivity contribution is -0.144. The highest BCUT2D eigenvalue weighted by atomic mass is 16.5. The average molecular weight is 752 g/mol. The summed E-state index contributed by atoms with van der Waals surface area (Å²) < 4.78 is 12.7. The van der Waals surface area contributed by atoms with E-state index >= 15 is 0 Å². The number of aromatic nitrogens is 1. The maximum atomic E-state index is 14.6. The van der Waals surface area contributed by atoms with Gasteiger partial charge in [-0.25, -0.2) is 0 Å². The summed E-state index contributed by atoms with van der Waals surface area (Å²) in [5.74, 6) is -0.565. The molecule has 56 heavy (non-hydrogen) atoms. The second kappa shape index (κ2) is 16.6. The zero-order valence-electron chi connectivity index (χ0n) is 32.2. The van der Waals surface area contributed by atoms with E-state index in [1.54, 1.807) is 11.1 Å². The number of carbonyl (C=O) groups is 2. The number of phenols is 1. The smallest absolute Gasteiger partial charge is 0.455 e. The molecule has 0 spiro atoms. The number of aryl methyl sites for hydroxylation is 2. The van der Waals surface area contributed by atoms with Crippen molar-refractivity contribution in [1.82, 2.24) is 14.8 Å². The summed E-state index contributed by atoms with van der Waals surface area (Å²) in [7, 11) is -1.08. The molecule has 8 rings (SSSR count). The first-order chi connectivity index (χ1) is 27.2. The Morgan fingerprint density at radius 2 is 1.62 bits per heavy atom. The highest BCUT2D eigenvalue weighted by Gasteiger charge is 2.58. The number of piperidine rings is 1. The van der Waals surface area contributed by atoms with E-state index < -0.39 is 25.1 Å². The molecule has 3 aromatic carbocycles. The average Bonchev–Trinajstić information content (AvgIpc) is 3.47. The van der Waals surface area contributed by atoms with Gasteiger partial charge >= 0.3 is 7.12 Å². The molecule has 0 radical (unpaired) electrons. The van der Waals surface area contributed by atoms with Crippen molar-refractivity contribution in [3.8, 4) is 11.5 Å². The van der Waals surface area contributed by atoms with Crippen LogP contribution in [0.25, 0.3) is 11.6 Å². The Balaban J connectivity index is 1.07. The van der Waals surface area contributed by atoms with Gasteiger partial charge in [-0.1, -0.05) is 54.6 Å². The Hall–Kier alpha value is -5.03. The van der Waals surface area contributed by atoms with Crippen LogP contribution in [-0.4, -0.2) is 75.7 Å². The first kappa shape index (κ1) is 37.9. The van der Waals surface area contributed by atoms with Crippen LogP contribution in [0.15, 0.2) is 108 Å². The predicted molar refractivity (Wildman–Crippen MR) is 217 cm³/mol. The fourth-order valence-corrected chi connectivity index (χ4v) is 9.53. The van der Waals surface area contributed by atoms with E-state index in [1.807, 2.05) is 80.6 Å². The summed E-state index contributed by atoms with van der Waals surface area (Å²) in [4.78, 5) is 37.7. The van der Waals surface area contributed by atoms with Crippen LogP contribution >= 0.6 is 0 Å². The van der Waals surface area contributed by atoms with Gasteiger partial charge in [0.05, 0.1) is 23.6 Å². The van der Waals surface area contributed by atoms with E-state index in [0.717, 1.165) is 77.3 Å². The number of aromatic hydroxyl groups is 1. The summed E-state index contributed by atoms with van der Waals surface area (Å²) in [6.07, 6.45) is 6.65. The van der Waals surface area contributed by atoms with Gasteiger partial charge in [0.1, 0.15) is 18.1 Å². The van der Waals surface area contributed by atoms with E-state index in [1.165, 1.54) is 5.56 Å². The van der Waals surface area contributed by atoms with Gasteiger partial charge in [0.25, 0.3) is 0 Å². The predicted octanol–water partition coefficient (Wildman–Crippen LogP) is 7.27. The van der Waals surface area contributed by atoms with E-state index in [2.05, 4.69) is 40.2 Å². The van der Waals surface area contributed by atoms with Crippen molar-refractivity contribution in [2.24, 2.45) is 17.8 Å². The summed E-state index contributed by atoms with van der Waals surface area (Å²) >= 11 is 0. The number of hydrogen-bond donors (Lipinski definition) is 2. The third kappa shape index (κ3) is 7.96. The number of phenolic OH excluding ortho intramolecular Hbond substituents is 1. The third-order valence-electron chi connectivity index (χ3n) is 12.2. The number of allylic oxidation sites excluding steroid dienone is 1. The Bertz CT molecular complexity index is 2080. The van der Waals surface area contributed by atoms with Crippen LogP contribution in [0.3, 0.4) is 0 Å². The van der Waals surface area contributed by atoms with Crippen molar-refractivity contribution < 1.29 is 29.1 Å². The number of amides is 2. The molecule has 3 aliphatic heterocycles. The lowest BCUT2D eigenvalue weighted by Gasteiger charge is -2.43. The van der Waals surface area contributed by atoms with E-state index in [-0.39, 0.29) is 42.5 Å². The quantitative estimate of drug-likeness (QED) is 0.0936. The zero-order chi connectivity index (χ0) is 38.8. The summed E-state index contributed by atoms with van der Waals surface area (Å²) in [5.41, 5.74) is 7.60. The number of benzene rings is 3. The van der Waals surface area contributed by atoms with Gasteiger partial charge in [0, 0.05) is 31.9 Å². The highest BCUT2D eigenvalue weighted by molar-refractivity contribution is 6.43. The maximum Gasteiger partial charge on any atom is 0.455 e. The molecule has 0 saturated carbocycles. The Labute approximate surface area is 329 Å². The molecule has 1 aromatic heterocycles. The molecule has 2 amide bonds. The van der Waals surface area contributed by atoms with Crippen molar-refractivity contribution >= 4 is 30.6 Å². The lowest BCUT2D eigenvalue weighted by Crippen LogP contribution is -2.48. The molecule has 1 aliphatic carbocycles. The molecule has 3 fully saturated rings. The summed E-state index contributed by atoms with van der Waals surface area (Å²) in [5, 5.41) is 21.8. The van der Waals surface area contributed by atoms with Crippen LogP contribution in [0, 0.1) is 31.6 Å². The SMILES string of the molecule is Cc1cc(/C=C(/CC[C@H]2OB(O)C[C@H]3C2=C(COc2ccccc2)C[C@H]2C(=O)N(C4CCN(Cc5ccccc5)CC4)C(=O)[C@H]23)c2ccccn2)cc(C)c1O. The van der Waals surface area contributed by atoms with Gasteiger partial charge in [0.2, 0.25) is 11.8 Å². The van der Waals surface area contributed by atoms with Gasteiger partial charge in [-0.3, -0.25) is 24.4 Å². The van der Waals surface area contributed by atoms with E-state index in [9.17, 15) is 19.7 Å². The number of likely N-dealkylation sites (tertiary alicyclic amines) is 2. The number of rotatable bonds is 11. The first-order valence-corrected chi connectivity index (χ1v) is 20.0. The van der Waals surface area contributed by atoms with Crippen molar-refractivity contribution in [1.29, 1.82) is 0 Å². The number of imide groups is 1. The normalized spacial score (nSPS) is 23.4. The summed E-state index contributed by atoms with van der Waals surface area (Å²) in [6, 6.07) is 29.7. The van der Waals surface area contributed by atoms with Crippen molar-refractivity contribution in [2.75, 3.05) is 19.7 Å². The standard InChI is InChI=1S/C46H50BN3O6/c1-30-23-33(24-31(2)44(30)51)25-34(40-15-9-10-20-48-40)16-17-41-42-35(29-55-37-13-7-4-8-14-37)26-38-43(39(42)27-47(54)56-41)46(53)50(45(38)52)36-18-21-49(22-19-36)28-32-11-5-3-6-12-32/h3-15,20,23-25,36,38-39,41,43,51,54H,16-19,21-22,26-29H2,1-2H3/b34-25-/t38-,39+,41-,43-/m1/s1. The number of fused-ring (bicyclic) bond motifs is 3. The first-order valence-electron chi connectivity index (χ1n) is 20.0. The molecule has 4 atom stereocenters. The minimum absolute atomic E-state index is 0.0878. The Kier molecular flexibility index (Phi) is 11.2. The monoisotopic (exact) mass is 751 g/mol. The van der Waals surface area contributed by atoms with Crippen LogP contribution in [-0.2, 0) is 20.8 Å². The van der Waals surface area contributed by atoms with Crippen molar-refractivity contribution in [3.63, 3.8) is 0 Å². The van der Waals surface area contributed by atoms with Gasteiger partial charge in [0.15, 0.2) is 0 Å². The molecule has 10 heteroatoms. The van der Waals surface area contributed by atoms with Gasteiger partial charge < -0.3 is 19.5 Å². The van der Waals surface area contributed by atoms with Crippen LogP contribution < -0.4 is 4.74 Å². The molecule has 4 heterocycles. The van der Waals surface area contributed by atoms with Crippen LogP contribution in [0.1, 0.15) is 60.1 Å². The lowest BCUT2D eigenvalue weighted by atomic mass is 9.58. The number of ether oxygens (including phenoxy) is 1. The minimum atomic E-state index is -1.08. The molecule has 9 nitrogen and oxygen atoms in total. The molecule has 0 unspecified atom stereocenters. The van der Waals surface area contributed by atoms with Gasteiger partial charge in [-0.15, -0.1) is 0 Å². The molecule has 3 saturated heterocycles. The van der Waals surface area contributed by atoms with Gasteiger partial charge in [-0.05, 0) is 140 Å². The largest absolute Gasteiger partial charge is 0.507 e. The molecule has 4 aliphatic rings. The fraction of sp³-hybridized carbons (Fsp3) is 0.370. The van der Waals surface area contributed by atoms with E-state index in [4.69, 9.17) is 9.39 Å². The van der Waals surface area contributed by atoms with Crippen LogP contribution in [0.5, 0.6) is 11.5 Å². The van der Waals surface area contributed by atoms with Crippen molar-refractivity contribution in [2.45, 2.75) is 71.0 Å². The number of para-hydroxylation sites is 1. The van der Waals surface area contributed by atoms with Crippen molar-refractivity contribution in [3.05, 3.63) is 136 Å². The topological polar surface area (TPSA) is 112 Å². The second-order valence-corrected chi connectivity index (χ2v) is 15.9. The number of hydrogen-bond acceptors (Lipinski definition) is 8. The van der Waals surface area contributed by atoms with E-state index in [0.29, 0.717) is 19.3 Å². The maximum absolute atomic E-state index is 14.6. The molecular weight excluding hydrogens is 701 g/mol. The zero-order valence-corrected chi connectivity index (χ0v) is 32.2. The number of nitrogens with zero attached hydrogens (tertiary/aromatic N) is 3. The third-order valence-corrected chi connectivity index (χ3v) is 12.2. The molecule has 4 aromatic rings. The Morgan fingerprint density at radius 1 is 0.929 bits per heavy atom.